The largest absolute Gasteiger partial charge is 0.508 e. The number of benzene rings is 2. The Morgan fingerprint density at radius 3 is 2.77 bits per heavy atom. The van der Waals surface area contributed by atoms with Crippen molar-refractivity contribution in [1.29, 1.82) is 0 Å². The number of nitrogens with zero attached hydrogens (tertiary/aromatic N) is 3. The fourth-order valence-electron chi connectivity index (χ4n) is 3.73. The van der Waals surface area contributed by atoms with Crippen LogP contribution in [0.15, 0.2) is 61.2 Å². The molecule has 0 N–H and O–H groups in total. The van der Waals surface area contributed by atoms with Crippen molar-refractivity contribution in [2.45, 2.75) is 25.2 Å². The molecule has 1 aromatic heterocycles. The third kappa shape index (κ3) is 5.05. The first-order chi connectivity index (χ1) is 15.0. The molecule has 0 unspecified atom stereocenters. The molecule has 0 spiro atoms. The van der Waals surface area contributed by atoms with Gasteiger partial charge >= 0.3 is 6.16 Å². The zero-order valence-electron chi connectivity index (χ0n) is 16.6. The number of aromatic nitrogens is 3. The summed E-state index contributed by atoms with van der Waals surface area (Å²) in [5.74, 6) is -1.57. The molecule has 2 aromatic carbocycles. The fourth-order valence-corrected chi connectivity index (χ4v) is 3.73. The predicted molar refractivity (Wildman–Crippen MR) is 105 cm³/mol. The molecule has 0 saturated carbocycles. The van der Waals surface area contributed by atoms with Crippen molar-refractivity contribution in [3.05, 3.63) is 83.9 Å². The lowest BCUT2D eigenvalue weighted by Gasteiger charge is -2.29. The molecule has 0 bridgehead atoms. The molecule has 0 amide bonds. The van der Waals surface area contributed by atoms with Crippen molar-refractivity contribution in [2.75, 3.05) is 13.2 Å². The summed E-state index contributed by atoms with van der Waals surface area (Å²) < 4.78 is 45.9. The van der Waals surface area contributed by atoms with Gasteiger partial charge in [-0.15, -0.1) is 0 Å². The number of ether oxygens (including phenoxy) is 3. The van der Waals surface area contributed by atoms with Crippen LogP contribution in [0.4, 0.5) is 13.6 Å². The van der Waals surface area contributed by atoms with Crippen molar-refractivity contribution in [2.24, 2.45) is 5.92 Å². The van der Waals surface area contributed by atoms with Crippen LogP contribution in [0.3, 0.4) is 0 Å². The van der Waals surface area contributed by atoms with Crippen molar-refractivity contribution in [1.82, 2.24) is 14.8 Å². The summed E-state index contributed by atoms with van der Waals surface area (Å²) >= 11 is 0. The number of carbonyl (C=O) groups is 1. The molecule has 1 fully saturated rings. The van der Waals surface area contributed by atoms with E-state index in [0.717, 1.165) is 11.6 Å². The van der Waals surface area contributed by atoms with Gasteiger partial charge in [0.15, 0.2) is 0 Å². The molecule has 1 saturated heterocycles. The summed E-state index contributed by atoms with van der Waals surface area (Å²) in [6.07, 6.45) is 2.43. The zero-order chi connectivity index (χ0) is 21.7. The van der Waals surface area contributed by atoms with Gasteiger partial charge in [0.25, 0.3) is 0 Å². The second-order valence-corrected chi connectivity index (χ2v) is 7.43. The minimum Gasteiger partial charge on any atom is -0.434 e. The van der Waals surface area contributed by atoms with Gasteiger partial charge in [-0.2, -0.15) is 5.10 Å². The van der Waals surface area contributed by atoms with Crippen molar-refractivity contribution in [3.8, 4) is 0 Å². The van der Waals surface area contributed by atoms with Crippen LogP contribution < -0.4 is 0 Å². The van der Waals surface area contributed by atoms with Gasteiger partial charge in [0.1, 0.15) is 43.1 Å². The molecule has 1 aliphatic heterocycles. The number of carbonyl (C=O) groups excluding carboxylic acids is 1. The predicted octanol–water partition coefficient (Wildman–Crippen LogP) is 3.84. The SMILES string of the molecule is O=C(OCc1ccccc1)OC[C@H]1CO[C@@](Cn2cncn2)(c2ccc(F)cc2F)C1. The van der Waals surface area contributed by atoms with Gasteiger partial charge in [0, 0.05) is 17.5 Å². The van der Waals surface area contributed by atoms with Gasteiger partial charge in [-0.25, -0.2) is 23.2 Å². The van der Waals surface area contributed by atoms with Crippen LogP contribution in [0.25, 0.3) is 0 Å². The molecule has 9 heteroatoms. The Bertz CT molecular complexity index is 1020. The summed E-state index contributed by atoms with van der Waals surface area (Å²) in [7, 11) is 0. The van der Waals surface area contributed by atoms with Gasteiger partial charge in [-0.1, -0.05) is 36.4 Å². The Kier molecular flexibility index (Phi) is 6.22. The average Bonchev–Trinajstić information content (AvgIpc) is 3.42. The van der Waals surface area contributed by atoms with Crippen LogP contribution in [0.2, 0.25) is 0 Å². The topological polar surface area (TPSA) is 75.5 Å². The van der Waals surface area contributed by atoms with E-state index in [9.17, 15) is 13.6 Å². The average molecular weight is 429 g/mol. The normalized spacial score (nSPS) is 20.5. The van der Waals surface area contributed by atoms with E-state index in [2.05, 4.69) is 10.1 Å². The molecule has 7 nitrogen and oxygen atoms in total. The molecule has 2 heterocycles. The summed E-state index contributed by atoms with van der Waals surface area (Å²) in [5.41, 5.74) is -0.0196. The van der Waals surface area contributed by atoms with E-state index in [4.69, 9.17) is 14.2 Å². The van der Waals surface area contributed by atoms with Gasteiger partial charge in [0.2, 0.25) is 0 Å². The molecular weight excluding hydrogens is 408 g/mol. The number of rotatable bonds is 7. The Hall–Kier alpha value is -3.33. The van der Waals surface area contributed by atoms with Gasteiger partial charge in [0.05, 0.1) is 13.2 Å². The van der Waals surface area contributed by atoms with E-state index in [1.165, 1.54) is 29.5 Å². The van der Waals surface area contributed by atoms with E-state index < -0.39 is 23.4 Å². The van der Waals surface area contributed by atoms with Gasteiger partial charge < -0.3 is 14.2 Å². The molecule has 1 aliphatic rings. The Morgan fingerprint density at radius 2 is 2.03 bits per heavy atom. The Labute approximate surface area is 177 Å². The standard InChI is InChI=1S/C22H21F2N3O4/c23-18-6-7-19(20(24)8-18)22(13-27-15-25-14-26-27)9-17(12-31-22)11-30-21(28)29-10-16-4-2-1-3-5-16/h1-8,14-15,17H,9-13H2/t17-,22-/m0/s1. The molecule has 0 aliphatic carbocycles. The highest BCUT2D eigenvalue weighted by atomic mass is 19.1. The molecule has 162 valence electrons. The monoisotopic (exact) mass is 429 g/mol. The van der Waals surface area contributed by atoms with Gasteiger partial charge in [-0.05, 0) is 18.1 Å². The van der Waals surface area contributed by atoms with Crippen molar-refractivity contribution < 1.29 is 27.8 Å². The fraction of sp³-hybridized carbons (Fsp3) is 0.318. The van der Waals surface area contributed by atoms with E-state index >= 15 is 0 Å². The first kappa shape index (κ1) is 20.9. The van der Waals surface area contributed by atoms with Crippen LogP contribution in [0.5, 0.6) is 0 Å². The second kappa shape index (κ2) is 9.22. The molecular formula is C22H21F2N3O4. The van der Waals surface area contributed by atoms with Crippen LogP contribution in [-0.4, -0.2) is 34.1 Å². The Morgan fingerprint density at radius 1 is 1.19 bits per heavy atom. The lowest BCUT2D eigenvalue weighted by molar-refractivity contribution is -0.0211. The molecule has 0 radical (unpaired) electrons. The minimum absolute atomic E-state index is 0.0511. The van der Waals surface area contributed by atoms with Crippen molar-refractivity contribution >= 4 is 6.16 Å². The maximum Gasteiger partial charge on any atom is 0.508 e. The Balaban J connectivity index is 1.40. The van der Waals surface area contributed by atoms with E-state index in [1.54, 1.807) is 0 Å². The van der Waals surface area contributed by atoms with E-state index in [1.807, 2.05) is 30.3 Å². The number of hydrogen-bond acceptors (Lipinski definition) is 6. The summed E-state index contributed by atoms with van der Waals surface area (Å²) in [6.45, 7) is 0.579. The molecule has 4 rings (SSSR count). The third-order valence-electron chi connectivity index (χ3n) is 5.16. The first-order valence-corrected chi connectivity index (χ1v) is 9.79. The maximum atomic E-state index is 14.6. The summed E-state index contributed by atoms with van der Waals surface area (Å²) in [6, 6.07) is 12.6. The molecule has 31 heavy (non-hydrogen) atoms. The van der Waals surface area contributed by atoms with Crippen LogP contribution in [0.1, 0.15) is 17.5 Å². The van der Waals surface area contributed by atoms with Gasteiger partial charge in [-0.3, -0.25) is 0 Å². The maximum absolute atomic E-state index is 14.6. The minimum atomic E-state index is -1.09. The number of halogens is 2. The quantitative estimate of drug-likeness (QED) is 0.531. The highest BCUT2D eigenvalue weighted by Gasteiger charge is 2.44. The molecule has 3 aromatic rings. The lowest BCUT2D eigenvalue weighted by Crippen LogP contribution is -2.32. The highest BCUT2D eigenvalue weighted by molar-refractivity contribution is 5.59. The summed E-state index contributed by atoms with van der Waals surface area (Å²) in [5, 5.41) is 4.07. The number of hydrogen-bond donors (Lipinski definition) is 0. The van der Waals surface area contributed by atoms with E-state index in [0.29, 0.717) is 6.42 Å². The highest BCUT2D eigenvalue weighted by Crippen LogP contribution is 2.41. The smallest absolute Gasteiger partial charge is 0.434 e. The van der Waals surface area contributed by atoms with Crippen LogP contribution in [-0.2, 0) is 33.0 Å². The second-order valence-electron chi connectivity index (χ2n) is 7.43. The van der Waals surface area contributed by atoms with Crippen LogP contribution in [0, 0.1) is 17.6 Å². The van der Waals surface area contributed by atoms with Crippen LogP contribution >= 0.6 is 0 Å². The van der Waals surface area contributed by atoms with E-state index in [-0.39, 0.29) is 37.8 Å². The third-order valence-corrected chi connectivity index (χ3v) is 5.16. The van der Waals surface area contributed by atoms with Crippen molar-refractivity contribution in [3.63, 3.8) is 0 Å². The summed E-state index contributed by atoms with van der Waals surface area (Å²) in [4.78, 5) is 15.8. The first-order valence-electron chi connectivity index (χ1n) is 9.79. The lowest BCUT2D eigenvalue weighted by atomic mass is 9.87. The molecule has 2 atom stereocenters. The zero-order valence-corrected chi connectivity index (χ0v) is 16.6.